The Morgan fingerprint density at radius 2 is 1.29 bits per heavy atom. The van der Waals surface area contributed by atoms with Crippen LogP contribution in [-0.4, -0.2) is 5.38 Å². The predicted octanol–water partition coefficient (Wildman–Crippen LogP) is 4.57. The van der Waals surface area contributed by atoms with Gasteiger partial charge in [0, 0.05) is 5.38 Å². The molecule has 0 aromatic rings. The molecule has 2 rings (SSSR count). The third kappa shape index (κ3) is 3.15. The fourth-order valence-electron chi connectivity index (χ4n) is 2.98. The molecule has 0 N–H and O–H groups in total. The zero-order chi connectivity index (χ0) is 9.80. The van der Waals surface area contributed by atoms with Crippen molar-refractivity contribution in [2.24, 2.45) is 11.8 Å². The van der Waals surface area contributed by atoms with Crippen molar-refractivity contribution >= 4 is 11.6 Å². The normalized spacial score (nSPS) is 35.8. The van der Waals surface area contributed by atoms with E-state index in [4.69, 9.17) is 11.6 Å². The summed E-state index contributed by atoms with van der Waals surface area (Å²) in [5.41, 5.74) is 0. The molecule has 0 aromatic heterocycles. The Morgan fingerprint density at radius 3 is 1.93 bits per heavy atom. The highest BCUT2D eigenvalue weighted by Crippen LogP contribution is 2.35. The van der Waals surface area contributed by atoms with Crippen molar-refractivity contribution < 1.29 is 0 Å². The summed E-state index contributed by atoms with van der Waals surface area (Å²) in [7, 11) is 0. The Morgan fingerprint density at radius 1 is 0.714 bits per heavy atom. The van der Waals surface area contributed by atoms with Crippen LogP contribution in [0, 0.1) is 18.3 Å². The maximum Gasteiger partial charge on any atom is 0.0336 e. The first kappa shape index (κ1) is 10.8. The highest BCUT2D eigenvalue weighted by Gasteiger charge is 2.23. The summed E-state index contributed by atoms with van der Waals surface area (Å²) in [6, 6.07) is 0. The largest absolute Gasteiger partial charge is 0.123 e. The van der Waals surface area contributed by atoms with Crippen LogP contribution in [-0.2, 0) is 0 Å². The molecule has 2 aliphatic rings. The molecule has 0 atom stereocenters. The molecule has 0 heterocycles. The van der Waals surface area contributed by atoms with Crippen LogP contribution in [0.5, 0.6) is 0 Å². The number of hydrogen-bond donors (Lipinski definition) is 0. The maximum atomic E-state index is 6.11. The Balaban J connectivity index is 1.68. The Kier molecular flexibility index (Phi) is 4.16. The quantitative estimate of drug-likeness (QED) is 0.590. The maximum absolute atomic E-state index is 6.11. The van der Waals surface area contributed by atoms with E-state index in [9.17, 15) is 0 Å². The zero-order valence-electron chi connectivity index (χ0n) is 9.05. The van der Waals surface area contributed by atoms with Crippen LogP contribution in [0.2, 0.25) is 0 Å². The van der Waals surface area contributed by atoms with Gasteiger partial charge in [-0.3, -0.25) is 0 Å². The van der Waals surface area contributed by atoms with Crippen LogP contribution in [0.3, 0.4) is 0 Å². The van der Waals surface area contributed by atoms with Gasteiger partial charge >= 0.3 is 0 Å². The van der Waals surface area contributed by atoms with Crippen LogP contribution in [0.1, 0.15) is 57.8 Å². The summed E-state index contributed by atoms with van der Waals surface area (Å²) >= 11 is 6.11. The second kappa shape index (κ2) is 5.39. The van der Waals surface area contributed by atoms with E-state index in [1.165, 1.54) is 57.8 Å². The molecule has 0 aromatic carbocycles. The molecule has 1 heteroatoms. The lowest BCUT2D eigenvalue weighted by Crippen LogP contribution is -2.19. The lowest BCUT2D eigenvalue weighted by Gasteiger charge is -2.30. The van der Waals surface area contributed by atoms with Crippen LogP contribution in [0.15, 0.2) is 0 Å². The topological polar surface area (TPSA) is 0 Å². The molecule has 2 aliphatic carbocycles. The molecule has 81 valence electrons. The van der Waals surface area contributed by atoms with Crippen molar-refractivity contribution in [1.29, 1.82) is 0 Å². The molecule has 0 aliphatic heterocycles. The Bertz CT molecular complexity index is 153. The summed E-state index contributed by atoms with van der Waals surface area (Å²) in [6.45, 7) is 0. The average molecular weight is 214 g/mol. The summed E-state index contributed by atoms with van der Waals surface area (Å²) in [4.78, 5) is 0. The first-order chi connectivity index (χ1) is 6.84. The third-order valence-corrected chi connectivity index (χ3v) is 4.33. The van der Waals surface area contributed by atoms with Gasteiger partial charge in [0.05, 0.1) is 0 Å². The smallest absolute Gasteiger partial charge is 0.0336 e. The van der Waals surface area contributed by atoms with E-state index in [1.807, 2.05) is 0 Å². The van der Waals surface area contributed by atoms with E-state index < -0.39 is 0 Å². The molecule has 0 bridgehead atoms. The van der Waals surface area contributed by atoms with Crippen LogP contribution >= 0.6 is 11.6 Å². The number of rotatable bonds is 2. The first-order valence-electron chi connectivity index (χ1n) is 6.33. The van der Waals surface area contributed by atoms with Crippen molar-refractivity contribution in [3.05, 3.63) is 6.42 Å². The van der Waals surface area contributed by atoms with Gasteiger partial charge in [-0.15, -0.1) is 11.6 Å². The minimum Gasteiger partial charge on any atom is -0.123 e. The zero-order valence-corrected chi connectivity index (χ0v) is 9.81. The number of hydrogen-bond acceptors (Lipinski definition) is 0. The molecule has 0 nitrogen and oxygen atoms in total. The molecule has 14 heavy (non-hydrogen) atoms. The van der Waals surface area contributed by atoms with E-state index in [0.29, 0.717) is 5.38 Å². The fourth-order valence-corrected chi connectivity index (χ4v) is 3.23. The van der Waals surface area contributed by atoms with E-state index in [2.05, 4.69) is 6.42 Å². The van der Waals surface area contributed by atoms with Crippen LogP contribution in [0.25, 0.3) is 0 Å². The van der Waals surface area contributed by atoms with Crippen molar-refractivity contribution in [3.63, 3.8) is 0 Å². The van der Waals surface area contributed by atoms with E-state index in [1.54, 1.807) is 0 Å². The first-order valence-corrected chi connectivity index (χ1v) is 6.77. The lowest BCUT2D eigenvalue weighted by molar-refractivity contribution is 0.321. The highest BCUT2D eigenvalue weighted by atomic mass is 35.5. The van der Waals surface area contributed by atoms with Gasteiger partial charge in [-0.1, -0.05) is 32.1 Å². The highest BCUT2D eigenvalue weighted by molar-refractivity contribution is 6.20. The van der Waals surface area contributed by atoms with Gasteiger partial charge < -0.3 is 0 Å². The lowest BCUT2D eigenvalue weighted by atomic mass is 9.77. The molecule has 0 saturated heterocycles. The summed E-state index contributed by atoms with van der Waals surface area (Å²) in [6.07, 6.45) is 15.2. The minimum absolute atomic E-state index is 0.478. The van der Waals surface area contributed by atoms with Gasteiger partial charge in [0.2, 0.25) is 0 Å². The second-order valence-corrected chi connectivity index (χ2v) is 5.72. The fraction of sp³-hybridized carbons (Fsp3) is 0.923. The van der Waals surface area contributed by atoms with Crippen LogP contribution < -0.4 is 0 Å². The monoisotopic (exact) mass is 213 g/mol. The number of alkyl halides is 1. The Hall–Kier alpha value is 0.290. The van der Waals surface area contributed by atoms with Crippen molar-refractivity contribution in [2.75, 3.05) is 0 Å². The SMILES string of the molecule is ClC1CCC([CH]C2CCCCC2)CC1. The molecule has 0 amide bonds. The third-order valence-electron chi connectivity index (χ3n) is 3.90. The predicted molar refractivity (Wildman–Crippen MR) is 62.5 cm³/mol. The van der Waals surface area contributed by atoms with E-state index in [-0.39, 0.29) is 0 Å². The molecule has 0 spiro atoms. The molecular weight excluding hydrogens is 192 g/mol. The van der Waals surface area contributed by atoms with Gasteiger partial charge in [-0.2, -0.15) is 0 Å². The van der Waals surface area contributed by atoms with Gasteiger partial charge in [0.15, 0.2) is 0 Å². The Labute approximate surface area is 93.4 Å². The second-order valence-electron chi connectivity index (χ2n) is 5.10. The molecule has 0 unspecified atom stereocenters. The van der Waals surface area contributed by atoms with Gasteiger partial charge in [0.1, 0.15) is 0 Å². The van der Waals surface area contributed by atoms with Crippen molar-refractivity contribution in [2.45, 2.75) is 63.2 Å². The summed E-state index contributed by atoms with van der Waals surface area (Å²) in [5, 5.41) is 0.478. The van der Waals surface area contributed by atoms with E-state index in [0.717, 1.165) is 11.8 Å². The minimum atomic E-state index is 0.478. The summed E-state index contributed by atoms with van der Waals surface area (Å²) in [5.74, 6) is 1.84. The van der Waals surface area contributed by atoms with Gasteiger partial charge in [-0.25, -0.2) is 0 Å². The van der Waals surface area contributed by atoms with E-state index >= 15 is 0 Å². The van der Waals surface area contributed by atoms with Gasteiger partial charge in [0.25, 0.3) is 0 Å². The molecule has 2 saturated carbocycles. The average Bonchev–Trinajstić information content (AvgIpc) is 2.23. The summed E-state index contributed by atoms with van der Waals surface area (Å²) < 4.78 is 0. The number of halogens is 1. The van der Waals surface area contributed by atoms with Crippen molar-refractivity contribution in [1.82, 2.24) is 0 Å². The van der Waals surface area contributed by atoms with Crippen LogP contribution in [0.4, 0.5) is 0 Å². The standard InChI is InChI=1S/C13H22Cl/c14-13-8-6-12(7-9-13)10-11-4-2-1-3-5-11/h10-13H,1-9H2. The van der Waals surface area contributed by atoms with Crippen molar-refractivity contribution in [3.8, 4) is 0 Å². The molecule has 1 radical (unpaired) electrons. The van der Waals surface area contributed by atoms with Gasteiger partial charge in [-0.05, 0) is 43.9 Å². The molecular formula is C13H22Cl. The molecule has 2 fully saturated rings.